The normalized spacial score (nSPS) is 10.3. The third-order valence-electron chi connectivity index (χ3n) is 2.80. The summed E-state index contributed by atoms with van der Waals surface area (Å²) < 4.78 is 10.6. The molecule has 0 radical (unpaired) electrons. The van der Waals surface area contributed by atoms with Crippen LogP contribution in [0.15, 0.2) is 18.2 Å². The van der Waals surface area contributed by atoms with Crippen LogP contribution in [-0.4, -0.2) is 35.5 Å². The monoisotopic (exact) mass is 262 g/mol. The molecule has 2 aromatic rings. The number of H-pyrrole nitrogens is 1. The number of aryl methyl sites for hydroxylation is 1. The van der Waals surface area contributed by atoms with Gasteiger partial charge in [-0.05, 0) is 24.6 Å². The molecule has 0 saturated carbocycles. The molecule has 1 aromatic heterocycles. The highest BCUT2D eigenvalue weighted by Gasteiger charge is 2.19. The second-order valence-electron chi connectivity index (χ2n) is 3.96. The number of ether oxygens (including phenoxy) is 2. The van der Waals surface area contributed by atoms with Crippen LogP contribution in [0.25, 0.3) is 11.3 Å². The maximum atomic E-state index is 10.9. The van der Waals surface area contributed by atoms with Crippen LogP contribution in [0.3, 0.4) is 0 Å². The minimum Gasteiger partial charge on any atom is -0.496 e. The number of carboxylic acid groups (broad SMARTS) is 1. The molecule has 6 nitrogen and oxygen atoms in total. The first-order chi connectivity index (χ1) is 9.08. The van der Waals surface area contributed by atoms with E-state index in [2.05, 4.69) is 10.2 Å². The van der Waals surface area contributed by atoms with Crippen LogP contribution in [0.5, 0.6) is 11.5 Å². The second-order valence-corrected chi connectivity index (χ2v) is 3.96. The smallest absolute Gasteiger partial charge is 0.353 e. The van der Waals surface area contributed by atoms with Crippen molar-refractivity contribution in [2.75, 3.05) is 14.2 Å². The van der Waals surface area contributed by atoms with Gasteiger partial charge in [0.25, 0.3) is 0 Å². The minimum atomic E-state index is -1.07. The maximum Gasteiger partial charge on any atom is 0.353 e. The molecule has 2 rings (SSSR count). The number of aromatic nitrogens is 2. The molecule has 1 heterocycles. The lowest BCUT2D eigenvalue weighted by molar-refractivity contribution is 0.0690. The summed E-state index contributed by atoms with van der Waals surface area (Å²) >= 11 is 0. The highest BCUT2D eigenvalue weighted by Crippen LogP contribution is 2.39. The predicted octanol–water partition coefficient (Wildman–Crippen LogP) is 2.10. The van der Waals surface area contributed by atoms with Gasteiger partial charge in [-0.15, -0.1) is 0 Å². The number of methoxy groups -OCH3 is 2. The summed E-state index contributed by atoms with van der Waals surface area (Å²) in [6.07, 6.45) is 0. The number of hydrogen-bond donors (Lipinski definition) is 2. The quantitative estimate of drug-likeness (QED) is 0.881. The van der Waals surface area contributed by atoms with Crippen LogP contribution in [0, 0.1) is 6.92 Å². The van der Waals surface area contributed by atoms with Crippen molar-refractivity contribution in [1.82, 2.24) is 10.2 Å². The topological polar surface area (TPSA) is 84.4 Å². The van der Waals surface area contributed by atoms with Crippen LogP contribution < -0.4 is 9.47 Å². The Labute approximate surface area is 110 Å². The summed E-state index contributed by atoms with van der Waals surface area (Å²) in [4.78, 5) is 10.9. The molecule has 2 N–H and O–H groups in total. The molecule has 0 unspecified atom stereocenters. The average molecular weight is 262 g/mol. The van der Waals surface area contributed by atoms with Crippen molar-refractivity contribution >= 4 is 5.97 Å². The summed E-state index contributed by atoms with van der Waals surface area (Å²) in [7, 11) is 3.09. The third-order valence-corrected chi connectivity index (χ3v) is 2.80. The number of benzene rings is 1. The molecule has 0 bridgehead atoms. The van der Waals surface area contributed by atoms with E-state index in [1.807, 2.05) is 13.0 Å². The molecule has 0 aliphatic carbocycles. The Morgan fingerprint density at radius 1 is 1.32 bits per heavy atom. The summed E-state index contributed by atoms with van der Waals surface area (Å²) in [6, 6.07) is 5.11. The zero-order valence-electron chi connectivity index (χ0n) is 10.9. The Morgan fingerprint density at radius 3 is 2.58 bits per heavy atom. The van der Waals surface area contributed by atoms with Crippen LogP contribution >= 0.6 is 0 Å². The van der Waals surface area contributed by atoms with Crippen molar-refractivity contribution in [3.63, 3.8) is 0 Å². The van der Waals surface area contributed by atoms with E-state index in [0.717, 1.165) is 5.56 Å². The Balaban J connectivity index is 2.64. The highest BCUT2D eigenvalue weighted by molar-refractivity contribution is 5.88. The fraction of sp³-hybridized carbons (Fsp3) is 0.231. The van der Waals surface area contributed by atoms with Gasteiger partial charge in [0.1, 0.15) is 22.9 Å². The lowest BCUT2D eigenvalue weighted by Crippen LogP contribution is -1.96. The number of hydrogen-bond acceptors (Lipinski definition) is 4. The number of aromatic amines is 1. The van der Waals surface area contributed by atoms with Gasteiger partial charge in [-0.25, -0.2) is 4.79 Å². The Hall–Kier alpha value is -2.50. The molecule has 0 amide bonds. The molecule has 0 atom stereocenters. The van der Waals surface area contributed by atoms with E-state index in [1.54, 1.807) is 20.3 Å². The van der Waals surface area contributed by atoms with Crippen LogP contribution in [0.4, 0.5) is 0 Å². The molecule has 6 heteroatoms. The van der Waals surface area contributed by atoms with E-state index < -0.39 is 5.97 Å². The molecule has 1 aromatic carbocycles. The van der Waals surface area contributed by atoms with E-state index in [4.69, 9.17) is 14.6 Å². The van der Waals surface area contributed by atoms with Crippen LogP contribution in [0.1, 0.15) is 16.1 Å². The first kappa shape index (κ1) is 12.9. The zero-order chi connectivity index (χ0) is 14.0. The van der Waals surface area contributed by atoms with E-state index in [1.165, 1.54) is 6.07 Å². The standard InChI is InChI=1S/C13H14N2O4/c1-7-4-5-10(18-2)11(12(7)19-3)8-6-9(13(16)17)15-14-8/h4-6H,1-3H3,(H,14,15)(H,16,17). The largest absolute Gasteiger partial charge is 0.496 e. The van der Waals surface area contributed by atoms with Gasteiger partial charge in [-0.3, -0.25) is 5.10 Å². The van der Waals surface area contributed by atoms with Crippen molar-refractivity contribution < 1.29 is 19.4 Å². The van der Waals surface area contributed by atoms with Gasteiger partial charge in [0.2, 0.25) is 0 Å². The van der Waals surface area contributed by atoms with Gasteiger partial charge < -0.3 is 14.6 Å². The van der Waals surface area contributed by atoms with E-state index in [9.17, 15) is 4.79 Å². The summed E-state index contributed by atoms with van der Waals surface area (Å²) in [5.41, 5.74) is 2.03. The van der Waals surface area contributed by atoms with Crippen molar-refractivity contribution in [3.8, 4) is 22.8 Å². The first-order valence-electron chi connectivity index (χ1n) is 5.59. The van der Waals surface area contributed by atoms with E-state index in [0.29, 0.717) is 22.8 Å². The predicted molar refractivity (Wildman–Crippen MR) is 68.8 cm³/mol. The summed E-state index contributed by atoms with van der Waals surface area (Å²) in [5.74, 6) is 0.123. The number of nitrogens with zero attached hydrogens (tertiary/aromatic N) is 1. The number of carboxylic acids is 1. The second kappa shape index (κ2) is 5.01. The molecular weight excluding hydrogens is 248 g/mol. The molecule has 0 aliphatic rings. The first-order valence-corrected chi connectivity index (χ1v) is 5.59. The van der Waals surface area contributed by atoms with Gasteiger partial charge in [-0.1, -0.05) is 6.07 Å². The van der Waals surface area contributed by atoms with Gasteiger partial charge in [0.05, 0.1) is 19.8 Å². The Bertz CT molecular complexity index is 619. The number of aromatic carboxylic acids is 1. The third kappa shape index (κ3) is 2.24. The number of carbonyl (C=O) groups is 1. The molecule has 100 valence electrons. The molecule has 0 aliphatic heterocycles. The van der Waals surface area contributed by atoms with Gasteiger partial charge in [0.15, 0.2) is 0 Å². The minimum absolute atomic E-state index is 0.0145. The van der Waals surface area contributed by atoms with Crippen LogP contribution in [-0.2, 0) is 0 Å². The Kier molecular flexibility index (Phi) is 3.41. The fourth-order valence-corrected chi connectivity index (χ4v) is 1.90. The highest BCUT2D eigenvalue weighted by atomic mass is 16.5. The average Bonchev–Trinajstić information content (AvgIpc) is 2.87. The summed E-state index contributed by atoms with van der Waals surface area (Å²) in [6.45, 7) is 1.90. The van der Waals surface area contributed by atoms with Crippen molar-refractivity contribution in [1.29, 1.82) is 0 Å². The van der Waals surface area contributed by atoms with E-state index >= 15 is 0 Å². The number of rotatable bonds is 4. The molecule has 0 spiro atoms. The molecule has 0 saturated heterocycles. The SMILES string of the molecule is COc1ccc(C)c(OC)c1-c1cc(C(=O)O)[nH]n1. The summed E-state index contributed by atoms with van der Waals surface area (Å²) in [5, 5.41) is 15.4. The van der Waals surface area contributed by atoms with Gasteiger partial charge >= 0.3 is 5.97 Å². The van der Waals surface area contributed by atoms with Crippen molar-refractivity contribution in [2.45, 2.75) is 6.92 Å². The molecule has 0 fully saturated rings. The van der Waals surface area contributed by atoms with Crippen LogP contribution in [0.2, 0.25) is 0 Å². The lowest BCUT2D eigenvalue weighted by atomic mass is 10.1. The van der Waals surface area contributed by atoms with E-state index in [-0.39, 0.29) is 5.69 Å². The molecular formula is C13H14N2O4. The van der Waals surface area contributed by atoms with Gasteiger partial charge in [0, 0.05) is 0 Å². The van der Waals surface area contributed by atoms with Gasteiger partial charge in [-0.2, -0.15) is 5.10 Å². The number of nitrogens with one attached hydrogen (secondary N) is 1. The molecule has 19 heavy (non-hydrogen) atoms. The Morgan fingerprint density at radius 2 is 2.05 bits per heavy atom. The van der Waals surface area contributed by atoms with Crippen molar-refractivity contribution in [2.24, 2.45) is 0 Å². The fourth-order valence-electron chi connectivity index (χ4n) is 1.90. The maximum absolute atomic E-state index is 10.9. The van der Waals surface area contributed by atoms with Crippen molar-refractivity contribution in [3.05, 3.63) is 29.5 Å². The lowest BCUT2D eigenvalue weighted by Gasteiger charge is -2.13. The zero-order valence-corrected chi connectivity index (χ0v) is 10.9.